The minimum atomic E-state index is -0.375. The molecule has 40 heavy (non-hydrogen) atoms. The number of para-hydroxylation sites is 2. The summed E-state index contributed by atoms with van der Waals surface area (Å²) < 4.78 is 1.11. The third-order valence-corrected chi connectivity index (χ3v) is 7.57. The Morgan fingerprint density at radius 1 is 0.800 bits per heavy atom. The van der Waals surface area contributed by atoms with E-state index in [1.165, 1.54) is 11.1 Å². The normalized spacial score (nSPS) is 14.3. The van der Waals surface area contributed by atoms with Crippen LogP contribution < -0.4 is 14.4 Å². The number of aliphatic hydroxyl groups excluding tert-OH is 2. The molecular formula is C32H35B2N3O2Pt-. The van der Waals surface area contributed by atoms with E-state index in [9.17, 15) is 0 Å². The van der Waals surface area contributed by atoms with E-state index in [4.69, 9.17) is 10.2 Å². The number of nitrogens with zero attached hydrogens (tertiary/aromatic N) is 3. The van der Waals surface area contributed by atoms with E-state index in [1.807, 2.05) is 12.1 Å². The van der Waals surface area contributed by atoms with Gasteiger partial charge in [-0.05, 0) is 20.3 Å². The Morgan fingerprint density at radius 2 is 1.32 bits per heavy atom. The standard InChI is InChI=1S/C27H23B2N3.C5H12O2.Pt/c1-22-13-17-26(18-14-22)32(27-19-15-23(2)16-20-27)29-28-30(24-9-5-3-6-10-24)21-31(29)25-11-7-4-8-12-25;1-4(6)3-5(2)7;/h3-11,13-20H,1-2H3;4-7H,3H2,1-2H3;/q-1;;. The van der Waals surface area contributed by atoms with Crippen LogP contribution in [0.4, 0.5) is 22.7 Å². The molecule has 0 saturated carbocycles. The molecule has 2 atom stereocenters. The number of aryl methyl sites for hydroxylation is 2. The van der Waals surface area contributed by atoms with Gasteiger partial charge in [-0.25, -0.2) is 0 Å². The van der Waals surface area contributed by atoms with Crippen LogP contribution in [-0.4, -0.2) is 40.7 Å². The molecule has 5 rings (SSSR count). The molecule has 207 valence electrons. The van der Waals surface area contributed by atoms with Gasteiger partial charge in [-0.15, -0.1) is 0 Å². The third kappa shape index (κ3) is 7.54. The molecule has 1 aliphatic rings. The van der Waals surface area contributed by atoms with Gasteiger partial charge < -0.3 is 10.2 Å². The van der Waals surface area contributed by atoms with Crippen molar-refractivity contribution in [3.05, 3.63) is 120 Å². The van der Waals surface area contributed by atoms with Crippen LogP contribution in [0.15, 0.2) is 103 Å². The Morgan fingerprint density at radius 3 is 1.77 bits per heavy atom. The average molecular weight is 710 g/mol. The van der Waals surface area contributed by atoms with Crippen LogP contribution in [0.25, 0.3) is 0 Å². The number of rotatable bonds is 7. The van der Waals surface area contributed by atoms with Crippen molar-refractivity contribution in [1.82, 2.24) is 0 Å². The van der Waals surface area contributed by atoms with Crippen molar-refractivity contribution < 1.29 is 29.6 Å². The van der Waals surface area contributed by atoms with Crippen molar-refractivity contribution in [2.45, 2.75) is 46.3 Å². The topological polar surface area (TPSA) is 50.2 Å². The number of benzene rings is 4. The van der Waals surface area contributed by atoms with Gasteiger partial charge in [0.05, 0.1) is 12.2 Å². The van der Waals surface area contributed by atoms with Gasteiger partial charge in [0.1, 0.15) is 0 Å². The molecule has 4 aromatic rings. The number of anilines is 4. The summed E-state index contributed by atoms with van der Waals surface area (Å²) in [6.45, 7) is 7.50. The molecule has 1 fully saturated rings. The Balaban J connectivity index is 0.000000470. The predicted octanol–water partition coefficient (Wildman–Crippen LogP) is 5.64. The quantitative estimate of drug-likeness (QED) is 0.192. The minimum absolute atomic E-state index is 0.0678. The fourth-order valence-electron chi connectivity index (χ4n) is 4.56. The number of hydrogen-bond donors (Lipinski definition) is 2. The van der Waals surface area contributed by atoms with Crippen LogP contribution in [0.3, 0.4) is 0 Å². The summed E-state index contributed by atoms with van der Waals surface area (Å²) in [5.74, 6) is 0. The Kier molecular flexibility index (Phi) is 10.4. The first-order chi connectivity index (χ1) is 19.2. The summed E-state index contributed by atoms with van der Waals surface area (Å²) in [6, 6.07) is 39.6. The van der Waals surface area contributed by atoms with Crippen LogP contribution in [0.2, 0.25) is 0 Å². The molecule has 8 heteroatoms. The summed E-state index contributed by atoms with van der Waals surface area (Å²) in [5, 5.41) is 17.1. The predicted molar refractivity (Wildman–Crippen MR) is 166 cm³/mol. The third-order valence-electron chi connectivity index (χ3n) is 6.47. The maximum absolute atomic E-state index is 8.56. The van der Waals surface area contributed by atoms with Crippen LogP contribution in [0, 0.1) is 19.9 Å². The zero-order valence-electron chi connectivity index (χ0n) is 23.4. The molecule has 0 amide bonds. The number of aliphatic hydroxyl groups is 2. The van der Waals surface area contributed by atoms with E-state index in [1.54, 1.807) is 13.8 Å². The molecule has 0 bridgehead atoms. The van der Waals surface area contributed by atoms with E-state index in [2.05, 4.69) is 152 Å². The van der Waals surface area contributed by atoms with Gasteiger partial charge in [-0.2, -0.15) is 0 Å². The molecule has 0 aliphatic carbocycles. The second kappa shape index (κ2) is 14.0. The van der Waals surface area contributed by atoms with Crippen molar-refractivity contribution >= 4 is 41.1 Å². The Bertz CT molecular complexity index is 1300. The summed E-state index contributed by atoms with van der Waals surface area (Å²) in [4.78, 5) is 7.00. The summed E-state index contributed by atoms with van der Waals surface area (Å²) in [5.41, 5.74) is 6.96. The van der Waals surface area contributed by atoms with Gasteiger partial charge in [0.2, 0.25) is 0 Å². The van der Waals surface area contributed by atoms with Crippen LogP contribution in [0.1, 0.15) is 31.4 Å². The van der Waals surface area contributed by atoms with Crippen molar-refractivity contribution in [3.8, 4) is 0 Å². The molecule has 1 heterocycles. The first-order valence-electron chi connectivity index (χ1n) is 13.5. The molecule has 1 saturated heterocycles. The van der Waals surface area contributed by atoms with Crippen molar-refractivity contribution in [3.63, 3.8) is 0 Å². The van der Waals surface area contributed by atoms with Crippen LogP contribution in [-0.2, 0) is 19.4 Å². The van der Waals surface area contributed by atoms with E-state index >= 15 is 0 Å². The molecular weight excluding hydrogens is 675 g/mol. The zero-order chi connectivity index (χ0) is 28.6. The zero-order valence-corrected chi connectivity index (χ0v) is 25.7. The first-order valence-corrected chi connectivity index (χ1v) is 14.6. The second-order valence-electron chi connectivity index (χ2n) is 10.1. The van der Waals surface area contributed by atoms with Gasteiger partial charge in [0.15, 0.2) is 0 Å². The Hall–Kier alpha value is -3.11. The molecule has 5 nitrogen and oxygen atoms in total. The summed E-state index contributed by atoms with van der Waals surface area (Å²) >= 11 is 2.43. The van der Waals surface area contributed by atoms with Gasteiger partial charge in [0, 0.05) is 0 Å². The Labute approximate surface area is 250 Å². The first kappa shape index (κ1) is 29.9. The SMILES string of the molecule is CC(O)CC(C)O.Cc1ccc(N(B2[B]N(c3ccccc3)[C](=[Pt])N2c2[c-]cccc2)c2ccc(C)cc2)cc1. The fourth-order valence-corrected chi connectivity index (χ4v) is 5.59. The van der Waals surface area contributed by atoms with Gasteiger partial charge in [-0.1, -0.05) is 0 Å². The van der Waals surface area contributed by atoms with Gasteiger partial charge >= 0.3 is 209 Å². The van der Waals surface area contributed by atoms with E-state index in [-0.39, 0.29) is 19.1 Å². The molecule has 0 spiro atoms. The van der Waals surface area contributed by atoms with Gasteiger partial charge in [-0.3, -0.25) is 0 Å². The molecule has 0 aromatic heterocycles. The van der Waals surface area contributed by atoms with Crippen molar-refractivity contribution in [2.24, 2.45) is 0 Å². The van der Waals surface area contributed by atoms with Crippen LogP contribution in [0.5, 0.6) is 0 Å². The molecule has 1 aliphatic heterocycles. The molecule has 4 aromatic carbocycles. The van der Waals surface area contributed by atoms with E-state index in [0.29, 0.717) is 6.42 Å². The van der Waals surface area contributed by atoms with Crippen LogP contribution >= 0.6 is 0 Å². The number of hydrogen-bond acceptors (Lipinski definition) is 5. The summed E-state index contributed by atoms with van der Waals surface area (Å²) in [7, 11) is 2.29. The molecule has 2 unspecified atom stereocenters. The molecule has 2 N–H and O–H groups in total. The van der Waals surface area contributed by atoms with Gasteiger partial charge in [0.25, 0.3) is 0 Å². The van der Waals surface area contributed by atoms with Crippen molar-refractivity contribution in [2.75, 3.05) is 14.4 Å². The van der Waals surface area contributed by atoms with E-state index < -0.39 is 0 Å². The maximum atomic E-state index is 8.56. The fraction of sp³-hybridized carbons (Fsp3) is 0.219. The monoisotopic (exact) mass is 710 g/mol. The van der Waals surface area contributed by atoms with Crippen molar-refractivity contribution in [1.29, 1.82) is 0 Å². The second-order valence-corrected chi connectivity index (χ2v) is 11.1. The summed E-state index contributed by atoms with van der Waals surface area (Å²) in [6.07, 6.45) is -0.278. The average Bonchev–Trinajstić information content (AvgIpc) is 3.28. The molecule has 1 radical (unpaired) electrons. The van der Waals surface area contributed by atoms with E-state index in [0.717, 1.165) is 26.9 Å².